The van der Waals surface area contributed by atoms with Crippen molar-refractivity contribution in [3.63, 3.8) is 0 Å². The van der Waals surface area contributed by atoms with E-state index in [1.807, 2.05) is 0 Å². The third-order valence-electron chi connectivity index (χ3n) is 3.03. The highest BCUT2D eigenvalue weighted by Gasteiger charge is 2.30. The average molecular weight is 214 g/mol. The Hall–Kier alpha value is -0.810. The summed E-state index contributed by atoms with van der Waals surface area (Å²) < 4.78 is 10.3. The van der Waals surface area contributed by atoms with Crippen molar-refractivity contribution in [2.75, 3.05) is 20.3 Å². The molecule has 2 N–H and O–H groups in total. The quantitative estimate of drug-likeness (QED) is 0.708. The van der Waals surface area contributed by atoms with Crippen molar-refractivity contribution in [3.05, 3.63) is 0 Å². The Morgan fingerprint density at radius 2 is 2.07 bits per heavy atom. The van der Waals surface area contributed by atoms with E-state index in [0.717, 1.165) is 25.9 Å². The average Bonchev–Trinajstić information content (AvgIpc) is 2.63. The van der Waals surface area contributed by atoms with E-state index in [9.17, 15) is 4.79 Å². The van der Waals surface area contributed by atoms with Gasteiger partial charge in [0.1, 0.15) is 0 Å². The molecule has 1 aliphatic heterocycles. The predicted molar refractivity (Wildman–Crippen MR) is 54.7 cm³/mol. The van der Waals surface area contributed by atoms with Crippen LogP contribution in [-0.4, -0.2) is 44.5 Å². The maximum atomic E-state index is 11.5. The summed E-state index contributed by atoms with van der Waals surface area (Å²) in [6.45, 7) is 1.39. The smallest absolute Gasteiger partial charge is 0.315 e. The molecule has 0 radical (unpaired) electrons. The Balaban J connectivity index is 1.61. The summed E-state index contributed by atoms with van der Waals surface area (Å²) in [5.41, 5.74) is 0. The van der Waals surface area contributed by atoms with Crippen LogP contribution in [0.15, 0.2) is 0 Å². The number of carbonyl (C=O) groups excluding carboxylic acids is 1. The standard InChI is InChI=1S/C10H18N2O3/c1-14-9-4-8(5-9)12-10(13)11-7-2-3-15-6-7/h7-9H,2-6H2,1H3,(H2,11,12,13). The van der Waals surface area contributed by atoms with Crippen LogP contribution in [0, 0.1) is 0 Å². The van der Waals surface area contributed by atoms with Crippen molar-refractivity contribution in [1.29, 1.82) is 0 Å². The first kappa shape index (κ1) is 10.7. The fraction of sp³-hybridized carbons (Fsp3) is 0.900. The minimum Gasteiger partial charge on any atom is -0.381 e. The number of hydrogen-bond donors (Lipinski definition) is 2. The lowest BCUT2D eigenvalue weighted by Crippen LogP contribution is -2.52. The molecule has 5 nitrogen and oxygen atoms in total. The summed E-state index contributed by atoms with van der Waals surface area (Å²) in [6.07, 6.45) is 3.08. The third kappa shape index (κ3) is 2.82. The molecule has 2 fully saturated rings. The van der Waals surface area contributed by atoms with Gasteiger partial charge in [-0.25, -0.2) is 4.79 Å². The van der Waals surface area contributed by atoms with E-state index in [0.29, 0.717) is 12.7 Å². The molecule has 1 saturated heterocycles. The lowest BCUT2D eigenvalue weighted by atomic mass is 9.89. The number of carbonyl (C=O) groups is 1. The molecular weight excluding hydrogens is 196 g/mol. The second-order valence-corrected chi connectivity index (χ2v) is 4.20. The molecule has 0 aromatic carbocycles. The fourth-order valence-corrected chi connectivity index (χ4v) is 1.94. The monoisotopic (exact) mass is 214 g/mol. The summed E-state index contributed by atoms with van der Waals surface area (Å²) in [4.78, 5) is 11.5. The van der Waals surface area contributed by atoms with Crippen LogP contribution in [-0.2, 0) is 9.47 Å². The van der Waals surface area contributed by atoms with Crippen LogP contribution in [0.5, 0.6) is 0 Å². The highest BCUT2D eigenvalue weighted by molar-refractivity contribution is 5.74. The highest BCUT2D eigenvalue weighted by atomic mass is 16.5. The number of urea groups is 1. The zero-order chi connectivity index (χ0) is 10.7. The molecule has 0 aromatic rings. The summed E-state index contributed by atoms with van der Waals surface area (Å²) in [6, 6.07) is 0.380. The Bertz CT molecular complexity index is 223. The van der Waals surface area contributed by atoms with Crippen molar-refractivity contribution in [1.82, 2.24) is 10.6 Å². The zero-order valence-electron chi connectivity index (χ0n) is 8.99. The zero-order valence-corrected chi connectivity index (χ0v) is 8.99. The summed E-state index contributed by atoms with van der Waals surface area (Å²) in [5, 5.41) is 5.82. The van der Waals surface area contributed by atoms with Crippen LogP contribution < -0.4 is 10.6 Å². The molecule has 1 saturated carbocycles. The molecule has 86 valence electrons. The molecule has 0 bridgehead atoms. The normalized spacial score (nSPS) is 34.6. The van der Waals surface area contributed by atoms with Gasteiger partial charge < -0.3 is 20.1 Å². The maximum Gasteiger partial charge on any atom is 0.315 e. The molecule has 1 aliphatic carbocycles. The van der Waals surface area contributed by atoms with E-state index in [-0.39, 0.29) is 18.1 Å². The molecule has 0 aromatic heterocycles. The summed E-state index contributed by atoms with van der Waals surface area (Å²) in [5.74, 6) is 0. The van der Waals surface area contributed by atoms with Gasteiger partial charge in [0.05, 0.1) is 18.8 Å². The van der Waals surface area contributed by atoms with E-state index in [2.05, 4.69) is 10.6 Å². The van der Waals surface area contributed by atoms with Crippen molar-refractivity contribution >= 4 is 6.03 Å². The van der Waals surface area contributed by atoms with Gasteiger partial charge >= 0.3 is 6.03 Å². The summed E-state index contributed by atoms with van der Waals surface area (Å²) in [7, 11) is 1.71. The van der Waals surface area contributed by atoms with Crippen molar-refractivity contribution < 1.29 is 14.3 Å². The number of rotatable bonds is 3. The van der Waals surface area contributed by atoms with Crippen LogP contribution in [0.2, 0.25) is 0 Å². The number of nitrogens with one attached hydrogen (secondary N) is 2. The van der Waals surface area contributed by atoms with E-state index in [4.69, 9.17) is 9.47 Å². The second kappa shape index (κ2) is 4.81. The molecule has 0 spiro atoms. The van der Waals surface area contributed by atoms with E-state index in [1.54, 1.807) is 7.11 Å². The molecule has 5 heteroatoms. The maximum absolute atomic E-state index is 11.5. The van der Waals surface area contributed by atoms with Gasteiger partial charge in [-0.3, -0.25) is 0 Å². The minimum absolute atomic E-state index is 0.0787. The van der Waals surface area contributed by atoms with Crippen molar-refractivity contribution in [2.45, 2.75) is 37.5 Å². The highest BCUT2D eigenvalue weighted by Crippen LogP contribution is 2.22. The molecular formula is C10H18N2O3. The lowest BCUT2D eigenvalue weighted by molar-refractivity contribution is 0.0204. The summed E-state index contributed by atoms with van der Waals surface area (Å²) >= 11 is 0. The number of methoxy groups -OCH3 is 1. The van der Waals surface area contributed by atoms with Gasteiger partial charge in [-0.2, -0.15) is 0 Å². The van der Waals surface area contributed by atoms with Gasteiger partial charge in [0, 0.05) is 19.8 Å². The molecule has 1 atom stereocenters. The van der Waals surface area contributed by atoms with Crippen LogP contribution >= 0.6 is 0 Å². The van der Waals surface area contributed by atoms with Crippen LogP contribution in [0.4, 0.5) is 4.79 Å². The SMILES string of the molecule is COC1CC(NC(=O)NC2CCOC2)C1. The van der Waals surface area contributed by atoms with E-state index in [1.165, 1.54) is 0 Å². The molecule has 2 amide bonds. The number of hydrogen-bond acceptors (Lipinski definition) is 3. The van der Waals surface area contributed by atoms with Crippen molar-refractivity contribution in [2.24, 2.45) is 0 Å². The van der Waals surface area contributed by atoms with Crippen LogP contribution in [0.25, 0.3) is 0 Å². The molecule has 2 rings (SSSR count). The van der Waals surface area contributed by atoms with Crippen molar-refractivity contribution in [3.8, 4) is 0 Å². The first-order valence-electron chi connectivity index (χ1n) is 5.45. The molecule has 2 aliphatic rings. The lowest BCUT2D eigenvalue weighted by Gasteiger charge is -2.34. The molecule has 15 heavy (non-hydrogen) atoms. The van der Waals surface area contributed by atoms with Gasteiger partial charge in [-0.15, -0.1) is 0 Å². The first-order valence-corrected chi connectivity index (χ1v) is 5.45. The molecule has 1 unspecified atom stereocenters. The Labute approximate surface area is 89.5 Å². The van der Waals surface area contributed by atoms with Gasteiger partial charge in [-0.1, -0.05) is 0 Å². The Morgan fingerprint density at radius 1 is 1.33 bits per heavy atom. The van der Waals surface area contributed by atoms with Gasteiger partial charge in [0.25, 0.3) is 0 Å². The largest absolute Gasteiger partial charge is 0.381 e. The first-order chi connectivity index (χ1) is 7.28. The predicted octanol–water partition coefficient (Wildman–Crippen LogP) is 0.252. The third-order valence-corrected chi connectivity index (χ3v) is 3.03. The minimum atomic E-state index is -0.0787. The second-order valence-electron chi connectivity index (χ2n) is 4.20. The van der Waals surface area contributed by atoms with Gasteiger partial charge in [0.2, 0.25) is 0 Å². The Kier molecular flexibility index (Phi) is 3.43. The Morgan fingerprint density at radius 3 is 2.67 bits per heavy atom. The fourth-order valence-electron chi connectivity index (χ4n) is 1.94. The van der Waals surface area contributed by atoms with Crippen LogP contribution in [0.3, 0.4) is 0 Å². The van der Waals surface area contributed by atoms with Crippen LogP contribution in [0.1, 0.15) is 19.3 Å². The van der Waals surface area contributed by atoms with E-state index < -0.39 is 0 Å². The van der Waals surface area contributed by atoms with E-state index >= 15 is 0 Å². The topological polar surface area (TPSA) is 59.6 Å². The molecule has 1 heterocycles. The van der Waals surface area contributed by atoms with Gasteiger partial charge in [0.15, 0.2) is 0 Å². The number of amides is 2. The van der Waals surface area contributed by atoms with Gasteiger partial charge in [-0.05, 0) is 19.3 Å². The number of ether oxygens (including phenoxy) is 2.